The van der Waals surface area contributed by atoms with Gasteiger partial charge >= 0.3 is 0 Å². The number of ether oxygens (including phenoxy) is 2. The predicted molar refractivity (Wildman–Crippen MR) is 119 cm³/mol. The van der Waals surface area contributed by atoms with Gasteiger partial charge in [-0.2, -0.15) is 5.26 Å². The molecule has 0 radical (unpaired) electrons. The van der Waals surface area contributed by atoms with E-state index in [0.29, 0.717) is 29.4 Å². The molecule has 3 aromatic rings. The van der Waals surface area contributed by atoms with Gasteiger partial charge in [0.2, 0.25) is 0 Å². The number of carbonyl (C=O) groups is 1. The zero-order valence-corrected chi connectivity index (χ0v) is 17.1. The Balaban J connectivity index is 1.73. The first-order valence-corrected chi connectivity index (χ1v) is 9.52. The minimum atomic E-state index is -0.635. The summed E-state index contributed by atoms with van der Waals surface area (Å²) in [5.41, 5.74) is 1.69. The first kappa shape index (κ1) is 22.1. The van der Waals surface area contributed by atoms with Crippen molar-refractivity contribution in [2.24, 2.45) is 0 Å². The number of hydrogen-bond acceptors (Lipinski definition) is 6. The topological polar surface area (TPSA) is 114 Å². The van der Waals surface area contributed by atoms with E-state index in [9.17, 15) is 20.2 Å². The molecule has 0 aromatic heterocycles. The number of rotatable bonds is 8. The molecule has 0 aliphatic heterocycles. The maximum atomic E-state index is 12.5. The Bertz CT molecular complexity index is 1180. The Hall–Kier alpha value is -4.64. The van der Waals surface area contributed by atoms with Crippen LogP contribution in [0.4, 0.5) is 11.4 Å². The molecule has 0 aliphatic rings. The third-order valence-electron chi connectivity index (χ3n) is 4.44. The molecule has 1 amide bonds. The van der Waals surface area contributed by atoms with E-state index in [4.69, 9.17) is 9.47 Å². The van der Waals surface area contributed by atoms with Crippen LogP contribution in [0.25, 0.3) is 6.08 Å². The van der Waals surface area contributed by atoms with Crippen LogP contribution in [0.5, 0.6) is 11.5 Å². The first-order valence-electron chi connectivity index (χ1n) is 9.52. The standard InChI is InChI=1S/C24H19N3O5/c1-31-23-14-18(7-12-22(23)32-16-17-5-3-2-4-6-17)13-19(15-25)24(28)26-20-8-10-21(11-9-20)27(29)30/h2-14H,16H2,1H3,(H,26,28). The Labute approximate surface area is 184 Å². The summed E-state index contributed by atoms with van der Waals surface area (Å²) in [7, 11) is 1.50. The van der Waals surface area contributed by atoms with Crippen molar-refractivity contribution in [1.29, 1.82) is 5.26 Å². The summed E-state index contributed by atoms with van der Waals surface area (Å²) in [5.74, 6) is 0.356. The Kier molecular flexibility index (Phi) is 7.17. The van der Waals surface area contributed by atoms with Gasteiger partial charge in [-0.05, 0) is 41.5 Å². The van der Waals surface area contributed by atoms with Crippen molar-refractivity contribution in [3.63, 3.8) is 0 Å². The van der Waals surface area contributed by atoms with Crippen molar-refractivity contribution >= 4 is 23.4 Å². The SMILES string of the molecule is COc1cc(C=C(C#N)C(=O)Nc2ccc([N+](=O)[O-])cc2)ccc1OCc1ccccc1. The van der Waals surface area contributed by atoms with Gasteiger partial charge < -0.3 is 14.8 Å². The van der Waals surface area contributed by atoms with Gasteiger partial charge in [0, 0.05) is 17.8 Å². The van der Waals surface area contributed by atoms with E-state index in [2.05, 4.69) is 5.32 Å². The second kappa shape index (κ2) is 10.4. The fraction of sp³-hybridized carbons (Fsp3) is 0.0833. The van der Waals surface area contributed by atoms with Crippen LogP contribution in [-0.2, 0) is 11.4 Å². The number of nitro benzene ring substituents is 1. The minimum absolute atomic E-state index is 0.0966. The first-order chi connectivity index (χ1) is 15.5. The number of nitrogens with zero attached hydrogens (tertiary/aromatic N) is 2. The number of anilines is 1. The summed E-state index contributed by atoms with van der Waals surface area (Å²) < 4.78 is 11.2. The molecule has 0 aliphatic carbocycles. The highest BCUT2D eigenvalue weighted by atomic mass is 16.6. The van der Waals surface area contributed by atoms with E-state index >= 15 is 0 Å². The van der Waals surface area contributed by atoms with Crippen LogP contribution in [0, 0.1) is 21.4 Å². The Morgan fingerprint density at radius 2 is 1.81 bits per heavy atom. The summed E-state index contributed by atoms with van der Waals surface area (Å²) in [6.07, 6.45) is 1.42. The average molecular weight is 429 g/mol. The largest absolute Gasteiger partial charge is 0.493 e. The van der Waals surface area contributed by atoms with E-state index < -0.39 is 10.8 Å². The van der Waals surface area contributed by atoms with Crippen molar-refractivity contribution in [3.8, 4) is 17.6 Å². The molecular weight excluding hydrogens is 410 g/mol. The van der Waals surface area contributed by atoms with Gasteiger partial charge in [0.25, 0.3) is 11.6 Å². The molecule has 0 heterocycles. The molecule has 160 valence electrons. The fourth-order valence-corrected chi connectivity index (χ4v) is 2.81. The maximum Gasteiger partial charge on any atom is 0.269 e. The van der Waals surface area contributed by atoms with Crippen molar-refractivity contribution in [3.05, 3.63) is 99.6 Å². The summed E-state index contributed by atoms with van der Waals surface area (Å²) in [5, 5.41) is 22.7. The number of nitro groups is 1. The van der Waals surface area contributed by atoms with Crippen LogP contribution < -0.4 is 14.8 Å². The van der Waals surface area contributed by atoms with Gasteiger partial charge in [0.15, 0.2) is 11.5 Å². The molecule has 0 atom stereocenters. The number of amides is 1. The lowest BCUT2D eigenvalue weighted by molar-refractivity contribution is -0.384. The van der Waals surface area contributed by atoms with Crippen molar-refractivity contribution in [1.82, 2.24) is 0 Å². The highest BCUT2D eigenvalue weighted by molar-refractivity contribution is 6.09. The van der Waals surface area contributed by atoms with Crippen LogP contribution in [0.3, 0.4) is 0 Å². The monoisotopic (exact) mass is 429 g/mol. The smallest absolute Gasteiger partial charge is 0.269 e. The highest BCUT2D eigenvalue weighted by Gasteiger charge is 2.12. The number of nitrogens with one attached hydrogen (secondary N) is 1. The Morgan fingerprint density at radius 1 is 1.09 bits per heavy atom. The molecular formula is C24H19N3O5. The average Bonchev–Trinajstić information content (AvgIpc) is 2.82. The van der Waals surface area contributed by atoms with E-state index in [1.54, 1.807) is 18.2 Å². The molecule has 3 aromatic carbocycles. The van der Waals surface area contributed by atoms with Crippen LogP contribution in [0.2, 0.25) is 0 Å². The van der Waals surface area contributed by atoms with Gasteiger partial charge in [-0.3, -0.25) is 14.9 Å². The lowest BCUT2D eigenvalue weighted by atomic mass is 10.1. The molecule has 1 N–H and O–H groups in total. The van der Waals surface area contributed by atoms with Crippen LogP contribution in [0.1, 0.15) is 11.1 Å². The predicted octanol–water partition coefficient (Wildman–Crippen LogP) is 4.73. The third-order valence-corrected chi connectivity index (χ3v) is 4.44. The summed E-state index contributed by atoms with van der Waals surface area (Å²) in [4.78, 5) is 22.6. The molecule has 3 rings (SSSR count). The fourth-order valence-electron chi connectivity index (χ4n) is 2.81. The molecule has 0 unspecified atom stereocenters. The third kappa shape index (κ3) is 5.70. The zero-order valence-electron chi connectivity index (χ0n) is 17.1. The molecule has 0 bridgehead atoms. The summed E-state index contributed by atoms with van der Waals surface area (Å²) in [6.45, 7) is 0.369. The molecule has 8 nitrogen and oxygen atoms in total. The van der Waals surface area contributed by atoms with Crippen LogP contribution >= 0.6 is 0 Å². The zero-order chi connectivity index (χ0) is 22.9. The van der Waals surface area contributed by atoms with Crippen LogP contribution in [-0.4, -0.2) is 17.9 Å². The number of carbonyl (C=O) groups excluding carboxylic acids is 1. The molecule has 8 heteroatoms. The lowest BCUT2D eigenvalue weighted by Gasteiger charge is -2.11. The van der Waals surface area contributed by atoms with Crippen LogP contribution in [0.15, 0.2) is 78.4 Å². The number of benzene rings is 3. The van der Waals surface area contributed by atoms with Gasteiger partial charge in [-0.1, -0.05) is 36.4 Å². The van der Waals surface area contributed by atoms with Crippen molar-refractivity contribution in [2.45, 2.75) is 6.61 Å². The van der Waals surface area contributed by atoms with Crippen molar-refractivity contribution < 1.29 is 19.2 Å². The number of hydrogen-bond donors (Lipinski definition) is 1. The second-order valence-corrected chi connectivity index (χ2v) is 6.61. The van der Waals surface area contributed by atoms with Gasteiger partial charge in [0.05, 0.1) is 12.0 Å². The van der Waals surface area contributed by atoms with E-state index in [1.807, 2.05) is 36.4 Å². The maximum absolute atomic E-state index is 12.5. The van der Waals surface area contributed by atoms with E-state index in [0.717, 1.165) is 5.56 Å². The second-order valence-electron chi connectivity index (χ2n) is 6.61. The summed E-state index contributed by atoms with van der Waals surface area (Å²) in [6, 6.07) is 22.0. The van der Waals surface area contributed by atoms with Gasteiger partial charge in [0.1, 0.15) is 18.2 Å². The minimum Gasteiger partial charge on any atom is -0.493 e. The molecule has 0 spiro atoms. The number of methoxy groups -OCH3 is 1. The van der Waals surface area contributed by atoms with Gasteiger partial charge in [-0.25, -0.2) is 0 Å². The Morgan fingerprint density at radius 3 is 2.44 bits per heavy atom. The normalized spacial score (nSPS) is 10.7. The van der Waals surface area contributed by atoms with E-state index in [-0.39, 0.29) is 11.3 Å². The van der Waals surface area contributed by atoms with Crippen molar-refractivity contribution in [2.75, 3.05) is 12.4 Å². The number of non-ortho nitro benzene ring substituents is 1. The van der Waals surface area contributed by atoms with E-state index in [1.165, 1.54) is 37.5 Å². The molecule has 0 saturated carbocycles. The summed E-state index contributed by atoms with van der Waals surface area (Å²) >= 11 is 0. The quantitative estimate of drug-likeness (QED) is 0.240. The highest BCUT2D eigenvalue weighted by Crippen LogP contribution is 2.30. The molecule has 32 heavy (non-hydrogen) atoms. The molecule has 0 saturated heterocycles. The lowest BCUT2D eigenvalue weighted by Crippen LogP contribution is -2.13. The van der Waals surface area contributed by atoms with Gasteiger partial charge in [-0.15, -0.1) is 0 Å². The number of nitriles is 1. The molecule has 0 fully saturated rings.